The van der Waals surface area contributed by atoms with Crippen molar-refractivity contribution in [1.82, 2.24) is 0 Å². The molecule has 1 rings (SSSR count). The van der Waals surface area contributed by atoms with Crippen molar-refractivity contribution in [3.63, 3.8) is 0 Å². The number of benzene rings is 1. The Morgan fingerprint density at radius 3 is 2.12 bits per heavy atom. The molecule has 1 aromatic rings. The van der Waals surface area contributed by atoms with Gasteiger partial charge in [0.1, 0.15) is 0 Å². The number of rotatable bonds is 3. The van der Waals surface area contributed by atoms with E-state index < -0.39 is 0 Å². The highest BCUT2D eigenvalue weighted by atomic mass is 15.1. The molecule has 16 heavy (non-hydrogen) atoms. The molecular weight excluding hydrogens is 202 g/mol. The third kappa shape index (κ3) is 4.00. The van der Waals surface area contributed by atoms with Crippen LogP contribution >= 0.6 is 0 Å². The minimum Gasteiger partial charge on any atom is -0.370 e. The third-order valence-corrected chi connectivity index (χ3v) is 2.10. The summed E-state index contributed by atoms with van der Waals surface area (Å²) in [7, 11) is 0. The maximum Gasteiger partial charge on any atom is 0.218 e. The van der Waals surface area contributed by atoms with E-state index >= 15 is 0 Å². The van der Waals surface area contributed by atoms with E-state index in [2.05, 4.69) is 29.0 Å². The lowest BCUT2D eigenvalue weighted by molar-refractivity contribution is 1.04. The molecule has 86 valence electrons. The van der Waals surface area contributed by atoms with E-state index in [4.69, 9.17) is 17.2 Å². The summed E-state index contributed by atoms with van der Waals surface area (Å²) in [6, 6.07) is 8.18. The lowest BCUT2D eigenvalue weighted by Gasteiger charge is -1.99. The van der Waals surface area contributed by atoms with Crippen molar-refractivity contribution >= 4 is 11.9 Å². The zero-order valence-electron chi connectivity index (χ0n) is 9.35. The Kier molecular flexibility index (Phi) is 4.32. The number of hydrogen-bond acceptors (Lipinski definition) is 1. The van der Waals surface area contributed by atoms with Crippen molar-refractivity contribution in [1.29, 1.82) is 0 Å². The van der Waals surface area contributed by atoms with Gasteiger partial charge in [-0.05, 0) is 17.5 Å². The molecule has 1 aromatic carbocycles. The normalized spacial score (nSPS) is 11.2. The Morgan fingerprint density at radius 1 is 1.06 bits per heavy atom. The van der Waals surface area contributed by atoms with Gasteiger partial charge in [0.05, 0.1) is 6.54 Å². The second-order valence-electron chi connectivity index (χ2n) is 3.38. The molecule has 0 spiro atoms. The predicted octanol–water partition coefficient (Wildman–Crippen LogP) is 0.337. The summed E-state index contributed by atoms with van der Waals surface area (Å²) in [5.41, 5.74) is 18.2. The zero-order chi connectivity index (χ0) is 12.0. The van der Waals surface area contributed by atoms with Gasteiger partial charge in [-0.25, -0.2) is 4.99 Å². The van der Waals surface area contributed by atoms with Gasteiger partial charge in [0.2, 0.25) is 5.96 Å². The Hall–Kier alpha value is -2.04. The lowest BCUT2D eigenvalue weighted by atomic mass is 10.1. The van der Waals surface area contributed by atoms with Gasteiger partial charge in [-0.1, -0.05) is 31.2 Å². The van der Waals surface area contributed by atoms with Crippen LogP contribution in [0, 0.1) is 0 Å². The fourth-order valence-electron chi connectivity index (χ4n) is 1.22. The van der Waals surface area contributed by atoms with Gasteiger partial charge >= 0.3 is 0 Å². The Labute approximate surface area is 95.1 Å². The summed E-state index contributed by atoms with van der Waals surface area (Å²) < 4.78 is 0. The Morgan fingerprint density at radius 2 is 1.62 bits per heavy atom. The van der Waals surface area contributed by atoms with Crippen LogP contribution in [-0.4, -0.2) is 11.9 Å². The van der Waals surface area contributed by atoms with E-state index in [-0.39, 0.29) is 11.9 Å². The van der Waals surface area contributed by atoms with E-state index in [1.165, 1.54) is 5.56 Å². The smallest absolute Gasteiger partial charge is 0.218 e. The number of nitrogens with zero attached hydrogens (tertiary/aromatic N) is 2. The molecule has 6 N–H and O–H groups in total. The van der Waals surface area contributed by atoms with Crippen molar-refractivity contribution in [3.8, 4) is 0 Å². The standard InChI is InChI=1S/C11H17N5/c1-2-8-3-5-9(6-4-8)7-15-11(14)16-10(12)13/h3-6H,2,7H2,1H3,(H6,12,13,14,15,16). The largest absolute Gasteiger partial charge is 0.370 e. The molecule has 0 aliphatic carbocycles. The van der Waals surface area contributed by atoms with Gasteiger partial charge in [0, 0.05) is 0 Å². The average molecular weight is 219 g/mol. The van der Waals surface area contributed by atoms with Gasteiger partial charge in [0.25, 0.3) is 0 Å². The third-order valence-electron chi connectivity index (χ3n) is 2.10. The van der Waals surface area contributed by atoms with Crippen molar-refractivity contribution in [2.45, 2.75) is 19.9 Å². The van der Waals surface area contributed by atoms with E-state index in [0.29, 0.717) is 6.54 Å². The van der Waals surface area contributed by atoms with E-state index in [1.54, 1.807) is 0 Å². The number of guanidine groups is 2. The first-order valence-electron chi connectivity index (χ1n) is 5.09. The molecule has 0 aliphatic rings. The minimum atomic E-state index is -0.0809. The zero-order valence-corrected chi connectivity index (χ0v) is 9.35. The van der Waals surface area contributed by atoms with Crippen LogP contribution in [0.25, 0.3) is 0 Å². The van der Waals surface area contributed by atoms with Crippen LogP contribution in [0.3, 0.4) is 0 Å². The number of nitrogens with two attached hydrogens (primary N) is 3. The first kappa shape index (κ1) is 12.0. The van der Waals surface area contributed by atoms with Crippen molar-refractivity contribution in [2.24, 2.45) is 27.2 Å². The minimum absolute atomic E-state index is 0.0809. The highest BCUT2D eigenvalue weighted by molar-refractivity contribution is 5.92. The SMILES string of the molecule is CCc1ccc(CN=C(N)N=C(N)N)cc1. The van der Waals surface area contributed by atoms with Gasteiger partial charge in [-0.2, -0.15) is 4.99 Å². The van der Waals surface area contributed by atoms with Gasteiger partial charge in [0.15, 0.2) is 5.96 Å². The summed E-state index contributed by atoms with van der Waals surface area (Å²) in [4.78, 5) is 7.66. The molecule has 5 nitrogen and oxygen atoms in total. The molecule has 0 unspecified atom stereocenters. The highest BCUT2D eigenvalue weighted by Crippen LogP contribution is 2.06. The van der Waals surface area contributed by atoms with Gasteiger partial charge < -0.3 is 17.2 Å². The molecular formula is C11H17N5. The molecule has 0 aromatic heterocycles. The quantitative estimate of drug-likeness (QED) is 0.504. The first-order valence-corrected chi connectivity index (χ1v) is 5.09. The molecule has 0 atom stereocenters. The van der Waals surface area contributed by atoms with Gasteiger partial charge in [-0.3, -0.25) is 0 Å². The van der Waals surface area contributed by atoms with Crippen molar-refractivity contribution < 1.29 is 0 Å². The number of aliphatic imine (C=N–C) groups is 2. The molecule has 0 saturated carbocycles. The number of hydrogen-bond donors (Lipinski definition) is 3. The first-order chi connectivity index (χ1) is 7.61. The summed E-state index contributed by atoms with van der Waals surface area (Å²) in [6.07, 6.45) is 1.03. The molecule has 0 saturated heterocycles. The van der Waals surface area contributed by atoms with Crippen LogP contribution < -0.4 is 17.2 Å². The molecule has 0 fully saturated rings. The molecule has 0 heterocycles. The van der Waals surface area contributed by atoms with Crippen LogP contribution in [0.15, 0.2) is 34.3 Å². The average Bonchev–Trinajstić information content (AvgIpc) is 2.26. The maximum atomic E-state index is 5.48. The topological polar surface area (TPSA) is 103 Å². The second kappa shape index (κ2) is 5.75. The molecule has 0 aliphatic heterocycles. The predicted molar refractivity (Wildman–Crippen MR) is 67.0 cm³/mol. The lowest BCUT2D eigenvalue weighted by Crippen LogP contribution is -2.26. The molecule has 0 amide bonds. The molecule has 5 heteroatoms. The van der Waals surface area contributed by atoms with Crippen LogP contribution in [0.1, 0.15) is 18.1 Å². The van der Waals surface area contributed by atoms with E-state index in [0.717, 1.165) is 12.0 Å². The second-order valence-corrected chi connectivity index (χ2v) is 3.38. The van der Waals surface area contributed by atoms with E-state index in [1.807, 2.05) is 12.1 Å². The summed E-state index contributed by atoms with van der Waals surface area (Å²) in [5, 5.41) is 0. The van der Waals surface area contributed by atoms with Crippen LogP contribution in [0.4, 0.5) is 0 Å². The summed E-state index contributed by atoms with van der Waals surface area (Å²) in [6.45, 7) is 2.59. The highest BCUT2D eigenvalue weighted by Gasteiger charge is 1.93. The Bertz CT molecular complexity index is 387. The molecule has 0 radical (unpaired) electrons. The Balaban J connectivity index is 2.63. The fraction of sp³-hybridized carbons (Fsp3) is 0.273. The van der Waals surface area contributed by atoms with Crippen LogP contribution in [0.2, 0.25) is 0 Å². The van der Waals surface area contributed by atoms with Crippen molar-refractivity contribution in [3.05, 3.63) is 35.4 Å². The van der Waals surface area contributed by atoms with Crippen LogP contribution in [0.5, 0.6) is 0 Å². The van der Waals surface area contributed by atoms with Crippen LogP contribution in [-0.2, 0) is 13.0 Å². The maximum absolute atomic E-state index is 5.48. The monoisotopic (exact) mass is 219 g/mol. The molecule has 0 bridgehead atoms. The van der Waals surface area contributed by atoms with Gasteiger partial charge in [-0.15, -0.1) is 0 Å². The summed E-state index contributed by atoms with van der Waals surface area (Å²) in [5.74, 6) is 0.0159. The van der Waals surface area contributed by atoms with Crippen molar-refractivity contribution in [2.75, 3.05) is 0 Å². The summed E-state index contributed by atoms with van der Waals surface area (Å²) >= 11 is 0. The fourth-order valence-corrected chi connectivity index (χ4v) is 1.22. The van der Waals surface area contributed by atoms with E-state index in [9.17, 15) is 0 Å². The number of aryl methyl sites for hydroxylation is 1.